The molecule has 11 nitrogen and oxygen atoms in total. The van der Waals surface area contributed by atoms with Gasteiger partial charge in [0.25, 0.3) is 11.6 Å². The lowest BCUT2D eigenvalue weighted by atomic mass is 10.1. The van der Waals surface area contributed by atoms with E-state index in [1.165, 1.54) is 13.0 Å². The first kappa shape index (κ1) is 17.2. The van der Waals surface area contributed by atoms with Crippen molar-refractivity contribution >= 4 is 23.4 Å². The maximum atomic E-state index is 12.3. The second-order valence-corrected chi connectivity index (χ2v) is 5.34. The summed E-state index contributed by atoms with van der Waals surface area (Å²) in [5.74, 6) is -0.743. The van der Waals surface area contributed by atoms with Gasteiger partial charge in [-0.05, 0) is 13.8 Å². The average Bonchev–Trinajstić information content (AvgIpc) is 3.21. The van der Waals surface area contributed by atoms with Gasteiger partial charge < -0.3 is 24.1 Å². The maximum absolute atomic E-state index is 12.3. The van der Waals surface area contributed by atoms with E-state index in [-0.39, 0.29) is 29.7 Å². The number of aryl methyl sites for hydroxylation is 1. The number of esters is 1. The minimum Gasteiger partial charge on any atom is -0.454 e. The van der Waals surface area contributed by atoms with Gasteiger partial charge in [-0.3, -0.25) is 14.9 Å². The first-order chi connectivity index (χ1) is 12.3. The summed E-state index contributed by atoms with van der Waals surface area (Å²) in [6, 6.07) is 3.70. The molecule has 1 aliphatic rings. The minimum atomic E-state index is -1.23. The van der Waals surface area contributed by atoms with Crippen LogP contribution in [0.4, 0.5) is 11.5 Å². The van der Waals surface area contributed by atoms with Gasteiger partial charge in [0.15, 0.2) is 23.4 Å². The van der Waals surface area contributed by atoms with Crippen molar-refractivity contribution in [1.82, 2.24) is 5.16 Å². The molecule has 0 saturated heterocycles. The van der Waals surface area contributed by atoms with Gasteiger partial charge in [0.1, 0.15) is 11.3 Å². The monoisotopic (exact) mass is 363 g/mol. The summed E-state index contributed by atoms with van der Waals surface area (Å²) in [6.45, 7) is 2.85. The summed E-state index contributed by atoms with van der Waals surface area (Å²) in [5.41, 5.74) is -0.866. The van der Waals surface area contributed by atoms with Crippen LogP contribution in [-0.4, -0.2) is 34.9 Å². The largest absolute Gasteiger partial charge is 0.454 e. The molecule has 136 valence electrons. The number of rotatable bonds is 5. The van der Waals surface area contributed by atoms with E-state index in [2.05, 4.69) is 10.5 Å². The molecule has 1 aromatic heterocycles. The highest BCUT2D eigenvalue weighted by atomic mass is 16.7. The van der Waals surface area contributed by atoms with E-state index < -0.39 is 28.6 Å². The van der Waals surface area contributed by atoms with Crippen LogP contribution in [0, 0.1) is 17.0 Å². The van der Waals surface area contributed by atoms with E-state index in [9.17, 15) is 19.7 Å². The summed E-state index contributed by atoms with van der Waals surface area (Å²) in [4.78, 5) is 34.8. The van der Waals surface area contributed by atoms with Crippen molar-refractivity contribution in [3.8, 4) is 11.5 Å². The number of nitro benzene ring substituents is 1. The van der Waals surface area contributed by atoms with Gasteiger partial charge in [0.05, 0.1) is 11.0 Å². The minimum absolute atomic E-state index is 0.110. The smallest absolute Gasteiger partial charge is 0.346 e. The lowest BCUT2D eigenvalue weighted by molar-refractivity contribution is -0.385. The molecule has 0 fully saturated rings. The fourth-order valence-electron chi connectivity index (χ4n) is 2.18. The number of ether oxygens (including phenoxy) is 3. The third-order valence-corrected chi connectivity index (χ3v) is 3.44. The van der Waals surface area contributed by atoms with Crippen LogP contribution in [0.15, 0.2) is 22.7 Å². The number of carbonyl (C=O) groups is 2. The second-order valence-electron chi connectivity index (χ2n) is 5.34. The first-order valence-electron chi connectivity index (χ1n) is 7.38. The zero-order valence-corrected chi connectivity index (χ0v) is 13.7. The molecule has 0 saturated carbocycles. The number of amides is 1. The van der Waals surface area contributed by atoms with E-state index in [1.807, 2.05) is 0 Å². The number of hydrogen-bond donors (Lipinski definition) is 1. The topological polar surface area (TPSA) is 143 Å². The number of nitrogens with zero attached hydrogens (tertiary/aromatic N) is 2. The summed E-state index contributed by atoms with van der Waals surface area (Å²) in [5, 5.41) is 17.2. The Morgan fingerprint density at radius 1 is 1.31 bits per heavy atom. The third kappa shape index (κ3) is 3.41. The summed E-state index contributed by atoms with van der Waals surface area (Å²) >= 11 is 0. The van der Waals surface area contributed by atoms with Gasteiger partial charge in [-0.2, -0.15) is 0 Å². The zero-order chi connectivity index (χ0) is 18.8. The molecule has 2 heterocycles. The highest BCUT2D eigenvalue weighted by Crippen LogP contribution is 2.38. The van der Waals surface area contributed by atoms with E-state index >= 15 is 0 Å². The molecule has 26 heavy (non-hydrogen) atoms. The van der Waals surface area contributed by atoms with Crippen LogP contribution in [0.25, 0.3) is 0 Å². The second kappa shape index (κ2) is 6.70. The molecule has 11 heteroatoms. The molecular weight excluding hydrogens is 350 g/mol. The Labute approximate surface area is 146 Å². The van der Waals surface area contributed by atoms with Gasteiger partial charge >= 0.3 is 5.97 Å². The molecule has 0 unspecified atom stereocenters. The van der Waals surface area contributed by atoms with Gasteiger partial charge in [0, 0.05) is 12.1 Å². The van der Waals surface area contributed by atoms with Crippen LogP contribution in [0.3, 0.4) is 0 Å². The number of hydrogen-bond acceptors (Lipinski definition) is 9. The van der Waals surface area contributed by atoms with E-state index in [0.717, 1.165) is 12.1 Å². The average molecular weight is 363 g/mol. The van der Waals surface area contributed by atoms with Crippen molar-refractivity contribution in [3.05, 3.63) is 39.6 Å². The normalized spacial score (nSPS) is 13.2. The molecule has 1 aliphatic heterocycles. The molecule has 3 rings (SSSR count). The molecule has 0 bridgehead atoms. The fraction of sp³-hybridized carbons (Fsp3) is 0.267. The van der Waals surface area contributed by atoms with Gasteiger partial charge in [0.2, 0.25) is 6.79 Å². The Morgan fingerprint density at radius 2 is 2.00 bits per heavy atom. The molecule has 1 atom stereocenters. The van der Waals surface area contributed by atoms with Crippen molar-refractivity contribution in [1.29, 1.82) is 0 Å². The van der Waals surface area contributed by atoms with Gasteiger partial charge in [-0.1, -0.05) is 5.16 Å². The lowest BCUT2D eigenvalue weighted by Gasteiger charge is -2.12. The van der Waals surface area contributed by atoms with E-state index in [4.69, 9.17) is 18.7 Å². The lowest BCUT2D eigenvalue weighted by Crippen LogP contribution is -2.30. The van der Waals surface area contributed by atoms with E-state index in [1.54, 1.807) is 6.92 Å². The SMILES string of the molecule is Cc1cc(NC(=O)[C@@H](C)OC(=O)c2cc3c(cc2[N+](=O)[O-])OCO3)no1. The Morgan fingerprint density at radius 3 is 2.62 bits per heavy atom. The third-order valence-electron chi connectivity index (χ3n) is 3.44. The van der Waals surface area contributed by atoms with Gasteiger partial charge in [-0.25, -0.2) is 4.79 Å². The number of aromatic nitrogens is 1. The van der Waals surface area contributed by atoms with E-state index in [0.29, 0.717) is 5.76 Å². The molecule has 1 amide bonds. The maximum Gasteiger partial charge on any atom is 0.346 e. The molecule has 2 aromatic rings. The number of anilines is 1. The summed E-state index contributed by atoms with van der Waals surface area (Å²) in [6.07, 6.45) is -1.23. The van der Waals surface area contributed by atoms with Crippen LogP contribution < -0.4 is 14.8 Å². The Kier molecular flexibility index (Phi) is 4.43. The highest BCUT2D eigenvalue weighted by molar-refractivity contribution is 5.99. The standard InChI is InChI=1S/C15H13N3O8/c1-7-3-13(17-26-7)16-14(19)8(2)25-15(20)9-4-11-12(24-6-23-11)5-10(9)18(21)22/h3-5,8H,6H2,1-2H3,(H,16,17,19)/t8-/m1/s1. The molecule has 0 radical (unpaired) electrons. The van der Waals surface area contributed by atoms with Crippen molar-refractivity contribution < 1.29 is 33.2 Å². The molecular formula is C15H13N3O8. The number of nitrogens with one attached hydrogen (secondary N) is 1. The predicted molar refractivity (Wildman–Crippen MR) is 84.0 cm³/mol. The summed E-state index contributed by atoms with van der Waals surface area (Å²) < 4.78 is 20.0. The fourth-order valence-corrected chi connectivity index (χ4v) is 2.18. The number of fused-ring (bicyclic) bond motifs is 1. The van der Waals surface area contributed by atoms with Crippen LogP contribution in [0.5, 0.6) is 11.5 Å². The Hall–Kier alpha value is -3.63. The van der Waals surface area contributed by atoms with Crippen molar-refractivity contribution in [3.63, 3.8) is 0 Å². The van der Waals surface area contributed by atoms with Crippen LogP contribution in [0.1, 0.15) is 23.0 Å². The molecule has 1 aromatic carbocycles. The van der Waals surface area contributed by atoms with Crippen LogP contribution >= 0.6 is 0 Å². The Balaban J connectivity index is 1.75. The predicted octanol–water partition coefficient (Wildman–Crippen LogP) is 1.80. The quantitative estimate of drug-likeness (QED) is 0.477. The first-order valence-corrected chi connectivity index (χ1v) is 7.38. The zero-order valence-electron chi connectivity index (χ0n) is 13.7. The van der Waals surface area contributed by atoms with Crippen LogP contribution in [-0.2, 0) is 9.53 Å². The molecule has 1 N–H and O–H groups in total. The molecule has 0 aliphatic carbocycles. The highest BCUT2D eigenvalue weighted by Gasteiger charge is 2.30. The number of benzene rings is 1. The summed E-state index contributed by atoms with van der Waals surface area (Å²) in [7, 11) is 0. The molecule has 0 spiro atoms. The number of carbonyl (C=O) groups excluding carboxylic acids is 2. The van der Waals surface area contributed by atoms with Crippen molar-refractivity contribution in [2.45, 2.75) is 20.0 Å². The Bertz CT molecular complexity index is 891. The van der Waals surface area contributed by atoms with Crippen molar-refractivity contribution in [2.75, 3.05) is 12.1 Å². The van der Waals surface area contributed by atoms with Crippen LogP contribution in [0.2, 0.25) is 0 Å². The number of nitro groups is 1. The van der Waals surface area contributed by atoms with Gasteiger partial charge in [-0.15, -0.1) is 0 Å². The van der Waals surface area contributed by atoms with Crippen molar-refractivity contribution in [2.24, 2.45) is 0 Å².